The highest BCUT2D eigenvalue weighted by atomic mass is 31.2. The van der Waals surface area contributed by atoms with E-state index in [1.54, 1.807) is 51.6 Å². The number of aryl methyl sites for hydroxylation is 1. The van der Waals surface area contributed by atoms with Gasteiger partial charge in [0.2, 0.25) is 0 Å². The van der Waals surface area contributed by atoms with Gasteiger partial charge in [-0.15, -0.1) is 0 Å². The van der Waals surface area contributed by atoms with Gasteiger partial charge in [0.15, 0.2) is 0 Å². The summed E-state index contributed by atoms with van der Waals surface area (Å²) in [6.07, 6.45) is 2.49. The molecule has 5 atom stereocenters. The molecule has 1 amide bonds. The molecule has 2 fully saturated rings. The van der Waals surface area contributed by atoms with Gasteiger partial charge in [0.05, 0.1) is 39.9 Å². The zero-order valence-corrected chi connectivity index (χ0v) is 38.5. The summed E-state index contributed by atoms with van der Waals surface area (Å²) < 4.78 is 43.7. The van der Waals surface area contributed by atoms with Crippen molar-refractivity contribution in [1.29, 1.82) is 5.26 Å². The lowest BCUT2D eigenvalue weighted by atomic mass is 9.77. The topological polar surface area (TPSA) is 146 Å². The second-order valence-corrected chi connectivity index (χ2v) is 18.2. The second kappa shape index (κ2) is 20.6. The van der Waals surface area contributed by atoms with Gasteiger partial charge in [-0.3, -0.25) is 9.36 Å². The second-order valence-electron chi connectivity index (χ2n) is 16.8. The minimum atomic E-state index is -1.73. The van der Waals surface area contributed by atoms with E-state index >= 15 is 0 Å². The quantitative estimate of drug-likeness (QED) is 0.0481. The van der Waals surface area contributed by atoms with E-state index in [0.717, 1.165) is 23.1 Å². The van der Waals surface area contributed by atoms with Gasteiger partial charge in [-0.05, 0) is 107 Å². The molecule has 336 valence electrons. The third-order valence-corrected chi connectivity index (χ3v) is 14.1. The molecule has 1 N–H and O–H groups in total. The van der Waals surface area contributed by atoms with Crippen molar-refractivity contribution >= 4 is 20.3 Å². The molecule has 1 aliphatic heterocycles. The maximum Gasteiger partial charge on any atom is 0.351 e. The largest absolute Gasteiger partial charge is 0.497 e. The number of nitrogens with zero attached hydrogens (tertiary/aromatic N) is 4. The van der Waals surface area contributed by atoms with Crippen molar-refractivity contribution in [3.05, 3.63) is 154 Å². The number of ether oxygens (including phenoxy) is 4. The molecule has 7 rings (SSSR count). The van der Waals surface area contributed by atoms with Crippen LogP contribution in [0.5, 0.6) is 11.5 Å². The van der Waals surface area contributed by atoms with Crippen LogP contribution < -0.4 is 20.5 Å². The highest BCUT2D eigenvalue weighted by Gasteiger charge is 2.61. The van der Waals surface area contributed by atoms with Gasteiger partial charge in [-0.25, -0.2) is 9.46 Å². The maximum atomic E-state index is 14.2. The number of benzene rings is 4. The summed E-state index contributed by atoms with van der Waals surface area (Å²) in [6, 6.07) is 36.9. The van der Waals surface area contributed by atoms with Crippen molar-refractivity contribution in [3.63, 3.8) is 0 Å². The maximum absolute atomic E-state index is 14.2. The van der Waals surface area contributed by atoms with Crippen molar-refractivity contribution in [3.8, 4) is 17.6 Å². The van der Waals surface area contributed by atoms with Crippen molar-refractivity contribution < 1.29 is 32.8 Å². The first-order valence-corrected chi connectivity index (χ1v) is 22.9. The van der Waals surface area contributed by atoms with E-state index in [1.807, 2.05) is 72.8 Å². The summed E-state index contributed by atoms with van der Waals surface area (Å²) in [5.41, 5.74) is 0.800. The number of carbonyl (C=O) groups excluding carboxylic acids is 1. The van der Waals surface area contributed by atoms with Crippen LogP contribution in [0.4, 0.5) is 5.82 Å². The average Bonchev–Trinajstić information content (AvgIpc) is 3.46. The van der Waals surface area contributed by atoms with Crippen LogP contribution in [0.2, 0.25) is 0 Å². The monoisotopic (exact) mass is 887 g/mol. The molecule has 1 saturated heterocycles. The lowest BCUT2D eigenvalue weighted by Gasteiger charge is -2.45. The van der Waals surface area contributed by atoms with Crippen LogP contribution in [-0.4, -0.2) is 71.4 Å². The summed E-state index contributed by atoms with van der Waals surface area (Å²) in [7, 11) is 1.55. The van der Waals surface area contributed by atoms with Gasteiger partial charge >= 0.3 is 5.69 Å². The Morgan fingerprint density at radius 1 is 0.922 bits per heavy atom. The number of amides is 1. The number of nitrogens with one attached hydrogen (secondary N) is 1. The first-order valence-electron chi connectivity index (χ1n) is 21.8. The Bertz CT molecular complexity index is 2370. The van der Waals surface area contributed by atoms with Crippen molar-refractivity contribution in [2.24, 2.45) is 5.92 Å². The highest BCUT2D eigenvalue weighted by Crippen LogP contribution is 2.58. The molecule has 4 aromatic carbocycles. The van der Waals surface area contributed by atoms with E-state index in [2.05, 4.69) is 60.9 Å². The Labute approximate surface area is 377 Å². The molecule has 1 unspecified atom stereocenters. The van der Waals surface area contributed by atoms with Crippen LogP contribution in [0.3, 0.4) is 0 Å². The third kappa shape index (κ3) is 9.64. The number of methoxy groups -OCH3 is 2. The minimum absolute atomic E-state index is 0.0438. The first-order chi connectivity index (χ1) is 30.9. The average molecular weight is 888 g/mol. The van der Waals surface area contributed by atoms with Crippen molar-refractivity contribution in [1.82, 2.24) is 14.2 Å². The van der Waals surface area contributed by atoms with E-state index in [9.17, 15) is 14.9 Å². The molecule has 13 nitrogen and oxygen atoms in total. The van der Waals surface area contributed by atoms with Crippen LogP contribution in [-0.2, 0) is 24.1 Å². The molecule has 14 heteroatoms. The molecule has 2 aliphatic rings. The molecule has 5 aromatic rings. The fourth-order valence-electron chi connectivity index (χ4n) is 9.03. The summed E-state index contributed by atoms with van der Waals surface area (Å²) in [5.74, 6) is 0.877. The lowest BCUT2D eigenvalue weighted by molar-refractivity contribution is -0.161. The Hall–Kier alpha value is -5.45. The molecular weight excluding hydrogens is 830 g/mol. The predicted octanol–water partition coefficient (Wildman–Crippen LogP) is 9.56. The van der Waals surface area contributed by atoms with Gasteiger partial charge < -0.3 is 33.3 Å². The van der Waals surface area contributed by atoms with Crippen molar-refractivity contribution in [2.45, 2.75) is 95.9 Å². The zero-order chi connectivity index (χ0) is 45.4. The molecule has 1 aromatic heterocycles. The fourth-order valence-corrected chi connectivity index (χ4v) is 10.9. The Balaban J connectivity index is 1.35. The van der Waals surface area contributed by atoms with Gasteiger partial charge in [-0.1, -0.05) is 72.8 Å². The summed E-state index contributed by atoms with van der Waals surface area (Å²) in [6.45, 7) is 10.5. The van der Waals surface area contributed by atoms with Crippen LogP contribution in [0.25, 0.3) is 0 Å². The third-order valence-electron chi connectivity index (χ3n) is 12.0. The lowest BCUT2D eigenvalue weighted by Crippen LogP contribution is -2.51. The number of carbonyl (C=O) groups is 1. The van der Waals surface area contributed by atoms with Gasteiger partial charge in [-0.2, -0.15) is 10.2 Å². The standard InChI is InChI=1S/C50H58N5O8P/c1-34(2)55(35(3)4)64(61-31-15-30-51)63-44-43-20-14-29-49(44,62-47(43)54-32-36(5)45(53-48(54)57)52-46(56)37-16-10-8-11-17-37)33-60-50(38-18-12-9-13-19-38,39-21-25-41(58-6)26-22-39)40-23-27-42(59-7)28-24-40/h8-13,16-19,21-28,32,34-35,43-44,47H,14-15,20,29,31,33H2,1-7H3,(H,52,53,56,57)/t43-,44+,47-,49-,64?/m1/s1. The van der Waals surface area contributed by atoms with Gasteiger partial charge in [0.1, 0.15) is 40.9 Å². The van der Waals surface area contributed by atoms with E-state index in [-0.39, 0.29) is 49.4 Å². The molecule has 1 aliphatic carbocycles. The summed E-state index contributed by atoms with van der Waals surface area (Å²) >= 11 is 0. The van der Waals surface area contributed by atoms with E-state index in [1.165, 1.54) is 4.57 Å². The number of rotatable bonds is 19. The van der Waals surface area contributed by atoms with Gasteiger partial charge in [0, 0.05) is 35.3 Å². The number of aromatic nitrogens is 2. The number of anilines is 1. The molecule has 0 radical (unpaired) electrons. The Morgan fingerprint density at radius 3 is 2.06 bits per heavy atom. The highest BCUT2D eigenvalue weighted by molar-refractivity contribution is 7.44. The summed E-state index contributed by atoms with van der Waals surface area (Å²) in [4.78, 5) is 31.8. The normalized spacial score (nSPS) is 20.0. The van der Waals surface area contributed by atoms with Crippen molar-refractivity contribution in [2.75, 3.05) is 32.8 Å². The van der Waals surface area contributed by atoms with Crippen LogP contribution in [0.1, 0.15) is 92.2 Å². The number of hydrogen-bond donors (Lipinski definition) is 1. The van der Waals surface area contributed by atoms with E-state index in [0.29, 0.717) is 35.5 Å². The number of nitriles is 1. The van der Waals surface area contributed by atoms with E-state index in [4.69, 9.17) is 28.0 Å². The Kier molecular flexibility index (Phi) is 15.0. The minimum Gasteiger partial charge on any atom is -0.497 e. The van der Waals surface area contributed by atoms with Crippen LogP contribution in [0, 0.1) is 24.2 Å². The number of fused-ring (bicyclic) bond motifs is 2. The van der Waals surface area contributed by atoms with E-state index < -0.39 is 37.7 Å². The molecule has 2 bridgehead atoms. The SMILES string of the molecule is COc1ccc(C(OC[C@@]23CCC[C@@H]([C@H](n4cc(C)c(NC(=O)c5ccccc5)nc4=O)O2)[C@@H]3OP(OCCC#N)N(C(C)C)C(C)C)(c2ccccc2)c2ccc(OC)cc2)cc1. The summed E-state index contributed by atoms with van der Waals surface area (Å²) in [5, 5.41) is 12.3. The van der Waals surface area contributed by atoms with Crippen LogP contribution >= 0.6 is 8.53 Å². The zero-order valence-electron chi connectivity index (χ0n) is 37.6. The molecule has 64 heavy (non-hydrogen) atoms. The molecule has 2 heterocycles. The molecular formula is C50H58N5O8P. The van der Waals surface area contributed by atoms with Gasteiger partial charge in [0.25, 0.3) is 14.4 Å². The molecule has 1 saturated carbocycles. The Morgan fingerprint density at radius 2 is 1.50 bits per heavy atom. The predicted molar refractivity (Wildman–Crippen MR) is 246 cm³/mol. The smallest absolute Gasteiger partial charge is 0.351 e. The van der Waals surface area contributed by atoms with Crippen LogP contribution in [0.15, 0.2) is 120 Å². The fraction of sp³-hybridized carbons (Fsp3) is 0.400. The first kappa shape index (κ1) is 46.5. The molecule has 0 spiro atoms. The number of hydrogen-bond acceptors (Lipinski definition) is 11.